The molecule has 1 N–H and O–H groups in total. The van der Waals surface area contributed by atoms with E-state index in [2.05, 4.69) is 24.4 Å². The molecule has 0 aliphatic heterocycles. The number of benzene rings is 1. The van der Waals surface area contributed by atoms with E-state index in [1.165, 1.54) is 9.75 Å². The molecule has 1 nitrogen and oxygen atoms in total. The van der Waals surface area contributed by atoms with E-state index in [0.717, 1.165) is 5.69 Å². The summed E-state index contributed by atoms with van der Waals surface area (Å²) in [6, 6.07) is 11.4. The van der Waals surface area contributed by atoms with Crippen molar-refractivity contribution in [2.75, 3.05) is 5.32 Å². The number of halogens is 2. The maximum absolute atomic E-state index is 12.5. The van der Waals surface area contributed by atoms with Crippen LogP contribution in [0.1, 0.15) is 22.7 Å². The van der Waals surface area contributed by atoms with Crippen LogP contribution in [0.2, 0.25) is 0 Å². The molecule has 0 amide bonds. The van der Waals surface area contributed by atoms with E-state index in [0.29, 0.717) is 16.7 Å². The Morgan fingerprint density at radius 3 is 2.53 bits per heavy atom. The first kappa shape index (κ1) is 14.3. The smallest absolute Gasteiger partial charge is 0.288 e. The van der Waals surface area contributed by atoms with Crippen molar-refractivity contribution in [3.8, 4) is 0 Å². The molecule has 0 fully saturated rings. The minimum absolute atomic E-state index is 0.109. The van der Waals surface area contributed by atoms with Crippen LogP contribution in [0.3, 0.4) is 0 Å². The minimum atomic E-state index is -2.40. The third-order valence-corrected chi connectivity index (χ3v) is 4.63. The Morgan fingerprint density at radius 2 is 1.89 bits per heavy atom. The Balaban J connectivity index is 2.14. The van der Waals surface area contributed by atoms with Crippen molar-refractivity contribution >= 4 is 28.8 Å². The van der Waals surface area contributed by atoms with Crippen LogP contribution in [-0.4, -0.2) is 5.76 Å². The molecule has 19 heavy (non-hydrogen) atoms. The number of anilines is 1. The van der Waals surface area contributed by atoms with Gasteiger partial charge in [-0.05, 0) is 38.1 Å². The summed E-state index contributed by atoms with van der Waals surface area (Å²) in [6.45, 7) is 4.09. The van der Waals surface area contributed by atoms with Crippen LogP contribution in [0.5, 0.6) is 0 Å². The van der Waals surface area contributed by atoms with Gasteiger partial charge in [0, 0.05) is 20.3 Å². The van der Waals surface area contributed by atoms with Crippen molar-refractivity contribution in [1.82, 2.24) is 0 Å². The molecular formula is C14H15F2NS2. The number of rotatable bonds is 5. The molecule has 0 saturated heterocycles. The van der Waals surface area contributed by atoms with E-state index < -0.39 is 5.76 Å². The van der Waals surface area contributed by atoms with E-state index in [1.807, 2.05) is 19.1 Å². The first-order valence-corrected chi connectivity index (χ1v) is 7.62. The fraction of sp³-hybridized carbons (Fsp3) is 0.286. The predicted molar refractivity (Wildman–Crippen MR) is 79.4 cm³/mol. The SMILES string of the molecule is Cc1ccc(C(C)Nc2ccccc2SC(F)F)s1. The quantitative estimate of drug-likeness (QED) is 0.727. The monoisotopic (exact) mass is 299 g/mol. The molecule has 0 spiro atoms. The van der Waals surface area contributed by atoms with Gasteiger partial charge in [0.1, 0.15) is 0 Å². The molecule has 1 heterocycles. The fourth-order valence-electron chi connectivity index (χ4n) is 1.78. The van der Waals surface area contributed by atoms with Gasteiger partial charge in [-0.15, -0.1) is 11.3 Å². The van der Waals surface area contributed by atoms with Crippen molar-refractivity contribution in [2.24, 2.45) is 0 Å². The maximum Gasteiger partial charge on any atom is 0.288 e. The summed E-state index contributed by atoms with van der Waals surface area (Å²) in [5.41, 5.74) is 0.756. The fourth-order valence-corrected chi connectivity index (χ4v) is 3.26. The summed E-state index contributed by atoms with van der Waals surface area (Å²) < 4.78 is 25.0. The zero-order valence-corrected chi connectivity index (χ0v) is 12.3. The second kappa shape index (κ2) is 6.39. The summed E-state index contributed by atoms with van der Waals surface area (Å²) in [4.78, 5) is 3.03. The molecule has 5 heteroatoms. The average molecular weight is 299 g/mol. The van der Waals surface area contributed by atoms with Crippen LogP contribution < -0.4 is 5.32 Å². The van der Waals surface area contributed by atoms with E-state index in [-0.39, 0.29) is 6.04 Å². The van der Waals surface area contributed by atoms with Gasteiger partial charge < -0.3 is 5.32 Å². The van der Waals surface area contributed by atoms with Gasteiger partial charge in [-0.25, -0.2) is 0 Å². The molecule has 1 unspecified atom stereocenters. The Bertz CT molecular complexity index is 540. The summed E-state index contributed by atoms with van der Waals surface area (Å²) >= 11 is 2.29. The molecule has 102 valence electrons. The van der Waals surface area contributed by atoms with Crippen molar-refractivity contribution < 1.29 is 8.78 Å². The van der Waals surface area contributed by atoms with Gasteiger partial charge in [0.05, 0.1) is 6.04 Å². The maximum atomic E-state index is 12.5. The zero-order chi connectivity index (χ0) is 13.8. The lowest BCUT2D eigenvalue weighted by molar-refractivity contribution is 0.252. The summed E-state index contributed by atoms with van der Waals surface area (Å²) in [7, 11) is 0. The first-order valence-electron chi connectivity index (χ1n) is 5.93. The molecule has 0 bridgehead atoms. The molecule has 0 radical (unpaired) electrons. The highest BCUT2D eigenvalue weighted by Gasteiger charge is 2.13. The van der Waals surface area contributed by atoms with E-state index in [4.69, 9.17) is 0 Å². The van der Waals surface area contributed by atoms with Gasteiger partial charge in [0.25, 0.3) is 5.76 Å². The summed E-state index contributed by atoms with van der Waals surface area (Å²) in [6.07, 6.45) is 0. The van der Waals surface area contributed by atoms with Crippen LogP contribution in [0, 0.1) is 6.92 Å². The normalized spacial score (nSPS) is 12.7. The Hall–Kier alpha value is -1.07. The van der Waals surface area contributed by atoms with Crippen molar-refractivity contribution in [3.05, 3.63) is 46.2 Å². The van der Waals surface area contributed by atoms with Crippen molar-refractivity contribution in [2.45, 2.75) is 30.5 Å². The highest BCUT2D eigenvalue weighted by Crippen LogP contribution is 2.34. The topological polar surface area (TPSA) is 12.0 Å². The number of hydrogen-bond acceptors (Lipinski definition) is 3. The summed E-state index contributed by atoms with van der Waals surface area (Å²) in [5.74, 6) is -2.40. The van der Waals surface area contributed by atoms with Gasteiger partial charge in [0.2, 0.25) is 0 Å². The number of nitrogens with one attached hydrogen (secondary N) is 1. The lowest BCUT2D eigenvalue weighted by Crippen LogP contribution is -2.05. The van der Waals surface area contributed by atoms with E-state index >= 15 is 0 Å². The highest BCUT2D eigenvalue weighted by atomic mass is 32.2. The Labute approximate surface area is 120 Å². The highest BCUT2D eigenvalue weighted by molar-refractivity contribution is 7.99. The van der Waals surface area contributed by atoms with Crippen LogP contribution in [0.15, 0.2) is 41.3 Å². The number of hydrogen-bond donors (Lipinski definition) is 1. The third-order valence-electron chi connectivity index (χ3n) is 2.66. The lowest BCUT2D eigenvalue weighted by atomic mass is 10.2. The third kappa shape index (κ3) is 3.94. The van der Waals surface area contributed by atoms with Crippen LogP contribution in [-0.2, 0) is 0 Å². The van der Waals surface area contributed by atoms with Crippen LogP contribution in [0.25, 0.3) is 0 Å². The standard InChI is InChI=1S/C14H15F2NS2/c1-9-7-8-12(18-9)10(2)17-11-5-3-4-6-13(11)19-14(15)16/h3-8,10,14,17H,1-2H3. The number of aryl methyl sites for hydroxylation is 1. The van der Waals surface area contributed by atoms with Crippen molar-refractivity contribution in [3.63, 3.8) is 0 Å². The van der Waals surface area contributed by atoms with Gasteiger partial charge in [-0.3, -0.25) is 0 Å². The van der Waals surface area contributed by atoms with Gasteiger partial charge in [-0.2, -0.15) is 8.78 Å². The summed E-state index contributed by atoms with van der Waals surface area (Å²) in [5, 5.41) is 3.30. The molecule has 1 aromatic carbocycles. The second-order valence-corrected chi connectivity index (χ2v) is 6.54. The number of para-hydroxylation sites is 1. The molecule has 2 rings (SSSR count). The van der Waals surface area contributed by atoms with Gasteiger partial charge in [0.15, 0.2) is 0 Å². The predicted octanol–water partition coefficient (Wildman–Crippen LogP) is 5.54. The van der Waals surface area contributed by atoms with E-state index in [1.54, 1.807) is 23.5 Å². The molecule has 1 aromatic heterocycles. The lowest BCUT2D eigenvalue weighted by Gasteiger charge is -2.16. The number of thioether (sulfide) groups is 1. The average Bonchev–Trinajstić information content (AvgIpc) is 2.78. The number of thiophene rings is 1. The molecule has 0 saturated carbocycles. The number of alkyl halides is 2. The van der Waals surface area contributed by atoms with Crippen molar-refractivity contribution in [1.29, 1.82) is 0 Å². The molecule has 1 atom stereocenters. The Morgan fingerprint density at radius 1 is 1.16 bits per heavy atom. The van der Waals surface area contributed by atoms with Crippen LogP contribution >= 0.6 is 23.1 Å². The van der Waals surface area contributed by atoms with Gasteiger partial charge in [-0.1, -0.05) is 23.9 Å². The zero-order valence-electron chi connectivity index (χ0n) is 10.7. The van der Waals surface area contributed by atoms with Crippen LogP contribution in [0.4, 0.5) is 14.5 Å². The second-order valence-electron chi connectivity index (χ2n) is 4.19. The van der Waals surface area contributed by atoms with E-state index in [9.17, 15) is 8.78 Å². The van der Waals surface area contributed by atoms with Gasteiger partial charge >= 0.3 is 0 Å². The largest absolute Gasteiger partial charge is 0.377 e. The molecular weight excluding hydrogens is 284 g/mol. The Kier molecular flexibility index (Phi) is 4.82. The molecule has 0 aliphatic rings. The first-order chi connectivity index (χ1) is 9.06. The molecule has 0 aliphatic carbocycles. The minimum Gasteiger partial charge on any atom is -0.377 e. The molecule has 2 aromatic rings.